The smallest absolute Gasteiger partial charge is 0.328 e. The first-order valence-electron chi connectivity index (χ1n) is 6.21. The van der Waals surface area contributed by atoms with Gasteiger partial charge in [0.2, 0.25) is 0 Å². The molecule has 1 rings (SSSR count). The Bertz CT molecular complexity index is 434. The van der Waals surface area contributed by atoms with Gasteiger partial charge in [-0.05, 0) is 31.5 Å². The molecule has 0 aromatic heterocycles. The first-order valence-corrected chi connectivity index (χ1v) is 6.21. The minimum absolute atomic E-state index is 0.217. The van der Waals surface area contributed by atoms with Crippen LogP contribution in [0.2, 0.25) is 0 Å². The molecular formula is C15H19NO2. The van der Waals surface area contributed by atoms with Crippen molar-refractivity contribution in [2.45, 2.75) is 32.7 Å². The number of hydrogen-bond acceptors (Lipinski definition) is 3. The molecule has 1 aromatic rings. The molecule has 0 fully saturated rings. The molecule has 0 aliphatic carbocycles. The van der Waals surface area contributed by atoms with Crippen molar-refractivity contribution in [1.29, 1.82) is 0 Å². The minimum atomic E-state index is -0.317. The fraction of sp³-hybridized carbons (Fsp3) is 0.400. The number of nitrogens with one attached hydrogen (secondary N) is 1. The lowest BCUT2D eigenvalue weighted by molar-refractivity contribution is -0.144. The Morgan fingerprint density at radius 2 is 2.28 bits per heavy atom. The van der Waals surface area contributed by atoms with Crippen LogP contribution in [0.5, 0.6) is 0 Å². The van der Waals surface area contributed by atoms with Gasteiger partial charge in [0.15, 0.2) is 0 Å². The van der Waals surface area contributed by atoms with Gasteiger partial charge in [0.05, 0.1) is 6.61 Å². The van der Waals surface area contributed by atoms with Crippen LogP contribution in [-0.2, 0) is 9.53 Å². The van der Waals surface area contributed by atoms with Gasteiger partial charge in [-0.25, -0.2) is 4.79 Å². The van der Waals surface area contributed by atoms with E-state index < -0.39 is 0 Å². The van der Waals surface area contributed by atoms with Crippen LogP contribution in [0.1, 0.15) is 32.3 Å². The lowest BCUT2D eigenvalue weighted by Gasteiger charge is -2.17. The lowest BCUT2D eigenvalue weighted by atomic mass is 10.1. The van der Waals surface area contributed by atoms with Crippen LogP contribution in [0.4, 0.5) is 5.69 Å². The molecule has 1 unspecified atom stereocenters. The molecule has 0 bridgehead atoms. The summed E-state index contributed by atoms with van der Waals surface area (Å²) in [6.07, 6.45) is 6.99. The molecule has 0 aliphatic rings. The number of carbonyl (C=O) groups excluding carboxylic acids is 1. The summed E-state index contributed by atoms with van der Waals surface area (Å²) in [4.78, 5) is 11.8. The van der Waals surface area contributed by atoms with Gasteiger partial charge >= 0.3 is 5.97 Å². The second-order valence-electron chi connectivity index (χ2n) is 3.96. The van der Waals surface area contributed by atoms with E-state index in [4.69, 9.17) is 11.2 Å². The molecule has 18 heavy (non-hydrogen) atoms. The van der Waals surface area contributed by atoms with Gasteiger partial charge < -0.3 is 10.1 Å². The second-order valence-corrected chi connectivity index (χ2v) is 3.96. The number of esters is 1. The number of rotatable bonds is 6. The molecule has 3 nitrogen and oxygen atoms in total. The van der Waals surface area contributed by atoms with Gasteiger partial charge in [-0.3, -0.25) is 0 Å². The van der Waals surface area contributed by atoms with Crippen LogP contribution in [0.15, 0.2) is 24.3 Å². The second kappa shape index (κ2) is 7.39. The summed E-state index contributed by atoms with van der Waals surface area (Å²) in [6.45, 7) is 4.23. The molecule has 0 spiro atoms. The van der Waals surface area contributed by atoms with Crippen molar-refractivity contribution < 1.29 is 9.53 Å². The number of carbonyl (C=O) groups is 1. The van der Waals surface area contributed by atoms with Crippen molar-refractivity contribution >= 4 is 11.7 Å². The number of ether oxygens (including phenoxy) is 1. The molecule has 0 heterocycles. The van der Waals surface area contributed by atoms with E-state index in [1.54, 1.807) is 6.92 Å². The maximum atomic E-state index is 11.8. The van der Waals surface area contributed by atoms with Crippen LogP contribution in [0.3, 0.4) is 0 Å². The molecule has 3 heteroatoms. The summed E-state index contributed by atoms with van der Waals surface area (Å²) >= 11 is 0. The standard InChI is InChI=1S/C15H19NO2/c1-4-8-14(15(17)18-6-3)16-13-10-7-9-12(5-2)11-13/h2,7,9-11,14,16H,4,6,8H2,1,3H3. The van der Waals surface area contributed by atoms with Gasteiger partial charge in [0.1, 0.15) is 6.04 Å². The first-order chi connectivity index (χ1) is 8.71. The largest absolute Gasteiger partial charge is 0.464 e. The van der Waals surface area contributed by atoms with Gasteiger partial charge in [0.25, 0.3) is 0 Å². The van der Waals surface area contributed by atoms with E-state index in [1.165, 1.54) is 0 Å². The Kier molecular flexibility index (Phi) is 5.79. The molecule has 0 aliphatic heterocycles. The highest BCUT2D eigenvalue weighted by Crippen LogP contribution is 2.14. The zero-order valence-corrected chi connectivity index (χ0v) is 10.9. The molecule has 0 radical (unpaired) electrons. The zero-order chi connectivity index (χ0) is 13.4. The summed E-state index contributed by atoms with van der Waals surface area (Å²) in [7, 11) is 0. The summed E-state index contributed by atoms with van der Waals surface area (Å²) < 4.78 is 5.04. The van der Waals surface area contributed by atoms with Crippen molar-refractivity contribution in [3.05, 3.63) is 29.8 Å². The van der Waals surface area contributed by atoms with Crippen molar-refractivity contribution in [3.8, 4) is 12.3 Å². The lowest BCUT2D eigenvalue weighted by Crippen LogP contribution is -2.31. The van der Waals surface area contributed by atoms with E-state index in [1.807, 2.05) is 31.2 Å². The van der Waals surface area contributed by atoms with Crippen LogP contribution in [0, 0.1) is 12.3 Å². The van der Waals surface area contributed by atoms with Crippen molar-refractivity contribution in [1.82, 2.24) is 0 Å². The molecule has 0 saturated carbocycles. The van der Waals surface area contributed by atoms with E-state index in [-0.39, 0.29) is 12.0 Å². The predicted octanol–water partition coefficient (Wildman–Crippen LogP) is 2.81. The van der Waals surface area contributed by atoms with Crippen molar-refractivity contribution in [2.75, 3.05) is 11.9 Å². The quantitative estimate of drug-likeness (QED) is 0.618. The fourth-order valence-electron chi connectivity index (χ4n) is 1.68. The third-order valence-corrected chi connectivity index (χ3v) is 2.52. The molecular weight excluding hydrogens is 226 g/mol. The van der Waals surface area contributed by atoms with E-state index in [2.05, 4.69) is 11.2 Å². The SMILES string of the molecule is C#Cc1cccc(NC(CCC)C(=O)OCC)c1. The van der Waals surface area contributed by atoms with Gasteiger partial charge in [-0.1, -0.05) is 25.3 Å². The molecule has 0 amide bonds. The average Bonchev–Trinajstić information content (AvgIpc) is 2.39. The highest BCUT2D eigenvalue weighted by atomic mass is 16.5. The van der Waals surface area contributed by atoms with Crippen LogP contribution in [-0.4, -0.2) is 18.6 Å². The van der Waals surface area contributed by atoms with E-state index >= 15 is 0 Å². The highest BCUT2D eigenvalue weighted by molar-refractivity contribution is 5.79. The van der Waals surface area contributed by atoms with Crippen LogP contribution in [0.25, 0.3) is 0 Å². The Hall–Kier alpha value is -1.95. The Labute approximate surface area is 109 Å². The van der Waals surface area contributed by atoms with Crippen molar-refractivity contribution in [2.24, 2.45) is 0 Å². The maximum Gasteiger partial charge on any atom is 0.328 e. The van der Waals surface area contributed by atoms with E-state index in [0.29, 0.717) is 6.61 Å². The number of terminal acetylenes is 1. The van der Waals surface area contributed by atoms with E-state index in [0.717, 1.165) is 24.1 Å². The zero-order valence-electron chi connectivity index (χ0n) is 10.9. The average molecular weight is 245 g/mol. The summed E-state index contributed by atoms with van der Waals surface area (Å²) in [5.74, 6) is 2.35. The first kappa shape index (κ1) is 14.1. The van der Waals surface area contributed by atoms with Crippen LogP contribution >= 0.6 is 0 Å². The van der Waals surface area contributed by atoms with Crippen molar-refractivity contribution in [3.63, 3.8) is 0 Å². The molecule has 1 atom stereocenters. The third-order valence-electron chi connectivity index (χ3n) is 2.52. The topological polar surface area (TPSA) is 38.3 Å². The van der Waals surface area contributed by atoms with Gasteiger partial charge in [-0.15, -0.1) is 6.42 Å². The number of hydrogen-bond donors (Lipinski definition) is 1. The minimum Gasteiger partial charge on any atom is -0.464 e. The predicted molar refractivity (Wildman–Crippen MR) is 73.3 cm³/mol. The normalized spacial score (nSPS) is 11.4. The fourth-order valence-corrected chi connectivity index (χ4v) is 1.68. The summed E-state index contributed by atoms with van der Waals surface area (Å²) in [5.41, 5.74) is 1.64. The summed E-state index contributed by atoms with van der Waals surface area (Å²) in [5, 5.41) is 3.17. The Morgan fingerprint density at radius 3 is 2.89 bits per heavy atom. The number of benzene rings is 1. The molecule has 96 valence electrons. The maximum absolute atomic E-state index is 11.8. The molecule has 1 N–H and O–H groups in total. The third kappa shape index (κ3) is 4.14. The van der Waals surface area contributed by atoms with Crippen LogP contribution < -0.4 is 5.32 Å². The Balaban J connectivity index is 2.76. The number of anilines is 1. The van der Waals surface area contributed by atoms with E-state index in [9.17, 15) is 4.79 Å². The highest BCUT2D eigenvalue weighted by Gasteiger charge is 2.18. The van der Waals surface area contributed by atoms with Gasteiger partial charge in [-0.2, -0.15) is 0 Å². The molecule has 1 aromatic carbocycles. The Morgan fingerprint density at radius 1 is 1.50 bits per heavy atom. The summed E-state index contributed by atoms with van der Waals surface area (Å²) in [6, 6.07) is 7.14. The molecule has 0 saturated heterocycles. The van der Waals surface area contributed by atoms with Gasteiger partial charge in [0, 0.05) is 11.3 Å². The monoisotopic (exact) mass is 245 g/mol.